The number of nitrogens with one attached hydrogen (secondary N) is 1. The van der Waals surface area contributed by atoms with Gasteiger partial charge in [0, 0.05) is 30.5 Å². The molecule has 0 aliphatic carbocycles. The van der Waals surface area contributed by atoms with E-state index in [2.05, 4.69) is 5.32 Å². The zero-order chi connectivity index (χ0) is 25.8. The molecule has 0 bridgehead atoms. The van der Waals surface area contributed by atoms with E-state index in [1.54, 1.807) is 0 Å². The third-order valence-electron chi connectivity index (χ3n) is 6.53. The Labute approximate surface area is 216 Å². The summed E-state index contributed by atoms with van der Waals surface area (Å²) in [6.07, 6.45) is 15.4. The van der Waals surface area contributed by atoms with Crippen LogP contribution in [0.2, 0.25) is 0 Å². The first kappa shape index (κ1) is 29.3. The maximum Gasteiger partial charge on any atom is 0.303 e. The van der Waals surface area contributed by atoms with Crippen molar-refractivity contribution in [1.82, 2.24) is 5.32 Å². The van der Waals surface area contributed by atoms with Crippen LogP contribution in [0.4, 0.5) is 0 Å². The molecular formula is C31H43NO4. The minimum absolute atomic E-state index is 0.0252. The summed E-state index contributed by atoms with van der Waals surface area (Å²) in [5.74, 6) is -0.543. The summed E-state index contributed by atoms with van der Waals surface area (Å²) in [7, 11) is 0. The Morgan fingerprint density at radius 1 is 0.583 bits per heavy atom. The maximum absolute atomic E-state index is 12.5. The highest BCUT2D eigenvalue weighted by molar-refractivity contribution is 6.08. The van der Waals surface area contributed by atoms with Crippen LogP contribution < -0.4 is 5.32 Å². The van der Waals surface area contributed by atoms with Gasteiger partial charge in [-0.25, -0.2) is 0 Å². The van der Waals surface area contributed by atoms with Crippen LogP contribution >= 0.6 is 0 Å². The first-order valence-corrected chi connectivity index (χ1v) is 13.7. The van der Waals surface area contributed by atoms with Gasteiger partial charge in [-0.05, 0) is 24.8 Å². The number of hydrogen-bond donors (Lipinski definition) is 2. The van der Waals surface area contributed by atoms with Crippen molar-refractivity contribution in [2.75, 3.05) is 6.54 Å². The standard InChI is InChI=1S/C31H43NO4/c33-29(18-14-9-7-5-3-1-2-4-6-8-10-15-19-30(34)35)32-25-24-26-20-22-28(23-21-26)31(36)27-16-12-11-13-17-27/h11-13,16-17,20-23H,1-10,14-15,18-19,24-25H2,(H,32,33)(H,34,35). The van der Waals surface area contributed by atoms with Crippen LogP contribution in [0.25, 0.3) is 0 Å². The summed E-state index contributed by atoms with van der Waals surface area (Å²) in [4.78, 5) is 35.0. The highest BCUT2D eigenvalue weighted by atomic mass is 16.4. The smallest absolute Gasteiger partial charge is 0.303 e. The Kier molecular flexibility index (Phi) is 14.9. The molecule has 36 heavy (non-hydrogen) atoms. The van der Waals surface area contributed by atoms with E-state index in [0.29, 0.717) is 30.5 Å². The Balaban J connectivity index is 1.41. The third-order valence-corrected chi connectivity index (χ3v) is 6.53. The quantitative estimate of drug-likeness (QED) is 0.152. The van der Waals surface area contributed by atoms with Crippen LogP contribution in [0.3, 0.4) is 0 Å². The number of amides is 1. The lowest BCUT2D eigenvalue weighted by Gasteiger charge is -2.07. The number of benzene rings is 2. The minimum atomic E-state index is -0.687. The van der Waals surface area contributed by atoms with Gasteiger partial charge in [-0.2, -0.15) is 0 Å². The van der Waals surface area contributed by atoms with E-state index < -0.39 is 5.97 Å². The van der Waals surface area contributed by atoms with Crippen LogP contribution in [-0.2, 0) is 16.0 Å². The fourth-order valence-electron chi connectivity index (χ4n) is 4.34. The average Bonchev–Trinajstić information content (AvgIpc) is 2.89. The molecule has 0 saturated carbocycles. The van der Waals surface area contributed by atoms with Gasteiger partial charge in [0.05, 0.1) is 0 Å². The second-order valence-electron chi connectivity index (χ2n) is 9.63. The van der Waals surface area contributed by atoms with Crippen molar-refractivity contribution >= 4 is 17.7 Å². The molecule has 0 aliphatic rings. The van der Waals surface area contributed by atoms with Crippen LogP contribution in [0.15, 0.2) is 54.6 Å². The number of aliphatic carboxylic acids is 1. The summed E-state index contributed by atoms with van der Waals surface area (Å²) in [6, 6.07) is 16.9. The molecule has 2 N–H and O–H groups in total. The molecule has 196 valence electrons. The molecule has 2 rings (SSSR count). The first-order chi connectivity index (χ1) is 17.6. The van der Waals surface area contributed by atoms with Gasteiger partial charge >= 0.3 is 5.97 Å². The van der Waals surface area contributed by atoms with Gasteiger partial charge in [-0.1, -0.05) is 119 Å². The molecule has 0 aromatic heterocycles. The van der Waals surface area contributed by atoms with E-state index in [1.165, 1.54) is 44.9 Å². The molecule has 0 aliphatic heterocycles. The van der Waals surface area contributed by atoms with Gasteiger partial charge in [0.15, 0.2) is 5.78 Å². The summed E-state index contributed by atoms with van der Waals surface area (Å²) in [6.45, 7) is 0.615. The van der Waals surface area contributed by atoms with E-state index in [0.717, 1.165) is 44.1 Å². The largest absolute Gasteiger partial charge is 0.481 e. The van der Waals surface area contributed by atoms with Crippen LogP contribution in [0.1, 0.15) is 111 Å². The monoisotopic (exact) mass is 493 g/mol. The van der Waals surface area contributed by atoms with Gasteiger partial charge in [-0.15, -0.1) is 0 Å². The number of carboxylic acid groups (broad SMARTS) is 1. The summed E-state index contributed by atoms with van der Waals surface area (Å²) in [5.41, 5.74) is 2.48. The number of rotatable bonds is 20. The molecule has 5 nitrogen and oxygen atoms in total. The zero-order valence-corrected chi connectivity index (χ0v) is 21.7. The highest BCUT2D eigenvalue weighted by Crippen LogP contribution is 2.14. The van der Waals surface area contributed by atoms with Crippen LogP contribution in [-0.4, -0.2) is 29.3 Å². The lowest BCUT2D eigenvalue weighted by molar-refractivity contribution is -0.137. The second-order valence-corrected chi connectivity index (χ2v) is 9.63. The Morgan fingerprint density at radius 2 is 1.06 bits per heavy atom. The van der Waals surface area contributed by atoms with E-state index in [1.807, 2.05) is 54.6 Å². The zero-order valence-electron chi connectivity index (χ0n) is 21.7. The number of carboxylic acids is 1. The number of carbonyl (C=O) groups is 3. The predicted octanol–water partition coefficient (Wildman–Crippen LogP) is 7.12. The summed E-state index contributed by atoms with van der Waals surface area (Å²) < 4.78 is 0. The number of hydrogen-bond acceptors (Lipinski definition) is 3. The Hall–Kier alpha value is -2.95. The lowest BCUT2D eigenvalue weighted by atomic mass is 10.0. The molecule has 2 aromatic rings. The molecule has 2 aromatic carbocycles. The topological polar surface area (TPSA) is 83.5 Å². The van der Waals surface area contributed by atoms with Gasteiger partial charge in [-0.3, -0.25) is 14.4 Å². The molecule has 0 saturated heterocycles. The van der Waals surface area contributed by atoms with Crippen molar-refractivity contribution in [3.8, 4) is 0 Å². The molecule has 5 heteroatoms. The molecule has 0 atom stereocenters. The van der Waals surface area contributed by atoms with E-state index in [-0.39, 0.29) is 11.7 Å². The van der Waals surface area contributed by atoms with Crippen molar-refractivity contribution in [2.45, 2.75) is 96.3 Å². The van der Waals surface area contributed by atoms with E-state index in [4.69, 9.17) is 5.11 Å². The van der Waals surface area contributed by atoms with Gasteiger partial charge in [0.2, 0.25) is 5.91 Å². The second kappa shape index (κ2) is 18.3. The van der Waals surface area contributed by atoms with Crippen LogP contribution in [0.5, 0.6) is 0 Å². The van der Waals surface area contributed by atoms with Crippen molar-refractivity contribution in [2.24, 2.45) is 0 Å². The Bertz CT molecular complexity index is 893. The van der Waals surface area contributed by atoms with Crippen LogP contribution in [0, 0.1) is 0 Å². The molecule has 1 amide bonds. The number of carbonyl (C=O) groups excluding carboxylic acids is 2. The van der Waals surface area contributed by atoms with Crippen molar-refractivity contribution in [3.63, 3.8) is 0 Å². The van der Waals surface area contributed by atoms with Crippen molar-refractivity contribution in [3.05, 3.63) is 71.3 Å². The molecule has 0 fully saturated rings. The average molecular weight is 494 g/mol. The minimum Gasteiger partial charge on any atom is -0.481 e. The molecule has 0 unspecified atom stereocenters. The maximum atomic E-state index is 12.5. The SMILES string of the molecule is O=C(O)CCCCCCCCCCCCCCC(=O)NCCc1ccc(C(=O)c2ccccc2)cc1. The molecule has 0 radical (unpaired) electrons. The van der Waals surface area contributed by atoms with E-state index in [9.17, 15) is 14.4 Å². The normalized spacial score (nSPS) is 10.8. The van der Waals surface area contributed by atoms with Crippen molar-refractivity contribution < 1.29 is 19.5 Å². The van der Waals surface area contributed by atoms with Gasteiger partial charge in [0.25, 0.3) is 0 Å². The predicted molar refractivity (Wildman–Crippen MR) is 145 cm³/mol. The fourth-order valence-corrected chi connectivity index (χ4v) is 4.34. The summed E-state index contributed by atoms with van der Waals surface area (Å²) >= 11 is 0. The number of ketones is 1. The first-order valence-electron chi connectivity index (χ1n) is 13.7. The Morgan fingerprint density at radius 3 is 1.58 bits per heavy atom. The number of unbranched alkanes of at least 4 members (excludes halogenated alkanes) is 11. The van der Waals surface area contributed by atoms with Crippen molar-refractivity contribution in [1.29, 1.82) is 0 Å². The van der Waals surface area contributed by atoms with Gasteiger partial charge in [0.1, 0.15) is 0 Å². The fraction of sp³-hybridized carbons (Fsp3) is 0.516. The highest BCUT2D eigenvalue weighted by Gasteiger charge is 2.08. The van der Waals surface area contributed by atoms with E-state index >= 15 is 0 Å². The summed E-state index contributed by atoms with van der Waals surface area (Å²) in [5, 5.41) is 11.6. The molecular weight excluding hydrogens is 450 g/mol. The molecule has 0 heterocycles. The lowest BCUT2D eigenvalue weighted by Crippen LogP contribution is -2.25. The third kappa shape index (κ3) is 13.2. The molecule has 0 spiro atoms. The van der Waals surface area contributed by atoms with Gasteiger partial charge < -0.3 is 10.4 Å².